The zero-order valence-corrected chi connectivity index (χ0v) is 16.7. The monoisotopic (exact) mass is 394 g/mol. The fraction of sp³-hybridized carbons (Fsp3) is 0.316. The van der Waals surface area contributed by atoms with E-state index in [1.807, 2.05) is 37.3 Å². The minimum absolute atomic E-state index is 0.0610. The molecule has 0 aliphatic rings. The van der Waals surface area contributed by atoms with E-state index in [9.17, 15) is 13.2 Å². The number of hydrogen-bond acceptors (Lipinski definition) is 3. The third-order valence-corrected chi connectivity index (χ3v) is 6.42. The van der Waals surface area contributed by atoms with E-state index in [0.29, 0.717) is 18.7 Å². The largest absolute Gasteiger partial charge is 0.339 e. The van der Waals surface area contributed by atoms with E-state index in [2.05, 4.69) is 0 Å². The van der Waals surface area contributed by atoms with Crippen molar-refractivity contribution in [3.05, 3.63) is 64.7 Å². The molecule has 2 aromatic rings. The maximum absolute atomic E-state index is 12.8. The molecule has 26 heavy (non-hydrogen) atoms. The van der Waals surface area contributed by atoms with Crippen LogP contribution in [-0.2, 0) is 16.4 Å². The fourth-order valence-corrected chi connectivity index (χ4v) is 3.92. The average Bonchev–Trinajstić information content (AvgIpc) is 2.63. The third-order valence-electron chi connectivity index (χ3n) is 4.12. The summed E-state index contributed by atoms with van der Waals surface area (Å²) in [6.07, 6.45) is 0.733. The molecule has 7 heteroatoms. The number of likely N-dealkylation sites (N-methyl/N-ethyl adjacent to an activating group) is 1. The topological polar surface area (TPSA) is 57.7 Å². The molecule has 140 valence electrons. The highest BCUT2D eigenvalue weighted by atomic mass is 35.5. The first-order valence-electron chi connectivity index (χ1n) is 8.32. The van der Waals surface area contributed by atoms with E-state index < -0.39 is 10.0 Å². The molecule has 5 nitrogen and oxygen atoms in total. The number of benzene rings is 2. The number of hydrogen-bond donors (Lipinski definition) is 0. The summed E-state index contributed by atoms with van der Waals surface area (Å²) in [5, 5.41) is 0.0996. The molecule has 0 saturated heterocycles. The van der Waals surface area contributed by atoms with Gasteiger partial charge in [-0.1, -0.05) is 41.9 Å². The highest BCUT2D eigenvalue weighted by Crippen LogP contribution is 2.25. The summed E-state index contributed by atoms with van der Waals surface area (Å²) in [4.78, 5) is 14.5. The van der Waals surface area contributed by atoms with Crippen molar-refractivity contribution in [2.75, 3.05) is 27.2 Å². The molecule has 0 radical (unpaired) electrons. The number of nitrogens with zero attached hydrogens (tertiary/aromatic N) is 2. The highest BCUT2D eigenvalue weighted by Gasteiger charge is 2.23. The van der Waals surface area contributed by atoms with Crippen LogP contribution >= 0.6 is 11.6 Å². The first-order valence-corrected chi connectivity index (χ1v) is 10.1. The molecule has 0 N–H and O–H groups in total. The lowest BCUT2D eigenvalue weighted by atomic mass is 10.1. The standard InChI is InChI=1S/C19H23ClN2O3S/c1-4-22(13-12-15-8-6-5-7-9-15)19(23)16-10-11-17(20)18(14-16)26(24,25)21(2)3/h5-11,14H,4,12-13H2,1-3H3. The Hall–Kier alpha value is -1.89. The second-order valence-corrected chi connectivity index (χ2v) is 8.58. The number of rotatable bonds is 7. The molecule has 0 aliphatic carbocycles. The first kappa shape index (κ1) is 20.4. The van der Waals surface area contributed by atoms with Gasteiger partial charge in [0, 0.05) is 32.7 Å². The van der Waals surface area contributed by atoms with E-state index in [1.54, 1.807) is 11.0 Å². The van der Waals surface area contributed by atoms with Gasteiger partial charge in [-0.2, -0.15) is 0 Å². The Morgan fingerprint density at radius 3 is 2.31 bits per heavy atom. The van der Waals surface area contributed by atoms with Crippen molar-refractivity contribution in [3.63, 3.8) is 0 Å². The zero-order valence-electron chi connectivity index (χ0n) is 15.1. The molecule has 0 saturated carbocycles. The third kappa shape index (κ3) is 4.63. The van der Waals surface area contributed by atoms with E-state index in [4.69, 9.17) is 11.6 Å². The lowest BCUT2D eigenvalue weighted by Crippen LogP contribution is -2.33. The summed E-state index contributed by atoms with van der Waals surface area (Å²) in [6.45, 7) is 2.98. The molecule has 0 fully saturated rings. The van der Waals surface area contributed by atoms with Gasteiger partial charge in [0.2, 0.25) is 10.0 Å². The van der Waals surface area contributed by atoms with Gasteiger partial charge < -0.3 is 4.90 Å². The van der Waals surface area contributed by atoms with Gasteiger partial charge in [0.1, 0.15) is 4.90 Å². The molecule has 0 unspecified atom stereocenters. The van der Waals surface area contributed by atoms with E-state index in [1.165, 1.54) is 26.2 Å². The number of halogens is 1. The quantitative estimate of drug-likeness (QED) is 0.724. The predicted molar refractivity (Wildman–Crippen MR) is 104 cm³/mol. The number of sulfonamides is 1. The number of amides is 1. The molecule has 0 bridgehead atoms. The Balaban J connectivity index is 2.24. The number of carbonyl (C=O) groups excluding carboxylic acids is 1. The lowest BCUT2D eigenvalue weighted by Gasteiger charge is -2.22. The predicted octanol–water partition coefficient (Wildman–Crippen LogP) is 3.30. The van der Waals surface area contributed by atoms with Gasteiger partial charge in [-0.3, -0.25) is 4.79 Å². The Morgan fingerprint density at radius 2 is 1.73 bits per heavy atom. The average molecular weight is 395 g/mol. The van der Waals surface area contributed by atoms with Gasteiger partial charge in [-0.15, -0.1) is 0 Å². The Labute approximate surface area is 160 Å². The molecule has 0 aromatic heterocycles. The van der Waals surface area contributed by atoms with Crippen LogP contribution in [0.5, 0.6) is 0 Å². The Bertz CT molecular complexity index is 868. The molecule has 0 spiro atoms. The molecular formula is C19H23ClN2O3S. The van der Waals surface area contributed by atoms with E-state index in [0.717, 1.165) is 16.3 Å². The summed E-state index contributed by atoms with van der Waals surface area (Å²) in [6, 6.07) is 14.3. The van der Waals surface area contributed by atoms with Crippen LogP contribution in [0.1, 0.15) is 22.8 Å². The van der Waals surface area contributed by atoms with E-state index >= 15 is 0 Å². The van der Waals surface area contributed by atoms with Gasteiger partial charge in [0.25, 0.3) is 5.91 Å². The first-order chi connectivity index (χ1) is 12.3. The molecule has 1 amide bonds. The Kier molecular flexibility index (Phi) is 6.81. The van der Waals surface area contributed by atoms with Gasteiger partial charge in [0.05, 0.1) is 5.02 Å². The number of carbonyl (C=O) groups is 1. The summed E-state index contributed by atoms with van der Waals surface area (Å²) in [5.74, 6) is -0.213. The molecule has 2 aromatic carbocycles. The Morgan fingerprint density at radius 1 is 1.08 bits per heavy atom. The summed E-state index contributed by atoms with van der Waals surface area (Å²) >= 11 is 6.05. The van der Waals surface area contributed by atoms with Crippen molar-refractivity contribution >= 4 is 27.5 Å². The van der Waals surface area contributed by atoms with Crippen LogP contribution < -0.4 is 0 Å². The van der Waals surface area contributed by atoms with Crippen LogP contribution in [0, 0.1) is 0 Å². The van der Waals surface area contributed by atoms with Crippen LogP contribution in [0.2, 0.25) is 5.02 Å². The van der Waals surface area contributed by atoms with Crippen molar-refractivity contribution in [2.24, 2.45) is 0 Å². The summed E-state index contributed by atoms with van der Waals surface area (Å²) < 4.78 is 25.9. The highest BCUT2D eigenvalue weighted by molar-refractivity contribution is 7.89. The van der Waals surface area contributed by atoms with Gasteiger partial charge in [-0.25, -0.2) is 12.7 Å². The molecule has 0 heterocycles. The minimum atomic E-state index is -3.72. The maximum Gasteiger partial charge on any atom is 0.253 e. The lowest BCUT2D eigenvalue weighted by molar-refractivity contribution is 0.0766. The summed E-state index contributed by atoms with van der Waals surface area (Å²) in [7, 11) is -0.863. The van der Waals surface area contributed by atoms with Crippen molar-refractivity contribution in [1.82, 2.24) is 9.21 Å². The van der Waals surface area contributed by atoms with Crippen molar-refractivity contribution in [2.45, 2.75) is 18.2 Å². The van der Waals surface area contributed by atoms with Crippen LogP contribution in [0.4, 0.5) is 0 Å². The molecule has 2 rings (SSSR count). The van der Waals surface area contributed by atoms with Crippen molar-refractivity contribution in [1.29, 1.82) is 0 Å². The van der Waals surface area contributed by atoms with Gasteiger partial charge in [0.15, 0.2) is 0 Å². The SMILES string of the molecule is CCN(CCc1ccccc1)C(=O)c1ccc(Cl)c(S(=O)(=O)N(C)C)c1. The molecule has 0 atom stereocenters. The van der Waals surface area contributed by atoms with Crippen LogP contribution in [-0.4, -0.2) is 50.7 Å². The van der Waals surface area contributed by atoms with Crippen LogP contribution in [0.3, 0.4) is 0 Å². The maximum atomic E-state index is 12.8. The second-order valence-electron chi connectivity index (χ2n) is 6.05. The van der Waals surface area contributed by atoms with Gasteiger partial charge in [-0.05, 0) is 37.1 Å². The smallest absolute Gasteiger partial charge is 0.253 e. The van der Waals surface area contributed by atoms with Crippen molar-refractivity contribution < 1.29 is 13.2 Å². The van der Waals surface area contributed by atoms with Crippen LogP contribution in [0.25, 0.3) is 0 Å². The van der Waals surface area contributed by atoms with Gasteiger partial charge >= 0.3 is 0 Å². The van der Waals surface area contributed by atoms with E-state index in [-0.39, 0.29) is 15.8 Å². The normalized spacial score (nSPS) is 11.6. The molecule has 0 aliphatic heterocycles. The second kappa shape index (κ2) is 8.66. The van der Waals surface area contributed by atoms with Crippen LogP contribution in [0.15, 0.2) is 53.4 Å². The van der Waals surface area contributed by atoms with Crippen molar-refractivity contribution in [3.8, 4) is 0 Å². The fourth-order valence-electron chi connectivity index (χ4n) is 2.53. The zero-order chi connectivity index (χ0) is 19.3. The minimum Gasteiger partial charge on any atom is -0.339 e. The summed E-state index contributed by atoms with van der Waals surface area (Å²) in [5.41, 5.74) is 1.45. The molecular weight excluding hydrogens is 372 g/mol.